The van der Waals surface area contributed by atoms with Crippen LogP contribution in [0.4, 0.5) is 4.79 Å². The predicted octanol–water partition coefficient (Wildman–Crippen LogP) is 2.07. The summed E-state index contributed by atoms with van der Waals surface area (Å²) in [5.74, 6) is 0.170. The van der Waals surface area contributed by atoms with Crippen molar-refractivity contribution in [2.75, 3.05) is 5.88 Å². The third-order valence-corrected chi connectivity index (χ3v) is 3.54. The highest BCUT2D eigenvalue weighted by molar-refractivity contribution is 7.99. The molecule has 1 N–H and O–H groups in total. The first-order valence-electron chi connectivity index (χ1n) is 5.33. The van der Waals surface area contributed by atoms with Gasteiger partial charge in [-0.2, -0.15) is 0 Å². The van der Waals surface area contributed by atoms with Crippen LogP contribution in [0.25, 0.3) is 0 Å². The monoisotopic (exact) mass is 250 g/mol. The zero-order valence-corrected chi connectivity index (χ0v) is 10.6. The molecule has 5 heteroatoms. The number of hydrogen-bond donors (Lipinski definition) is 1. The Morgan fingerprint density at radius 1 is 1.24 bits per heavy atom. The summed E-state index contributed by atoms with van der Waals surface area (Å²) in [4.78, 5) is 25.8. The summed E-state index contributed by atoms with van der Waals surface area (Å²) in [6.07, 6.45) is 0. The molecule has 17 heavy (non-hydrogen) atoms. The largest absolute Gasteiger partial charge is 0.325 e. The van der Waals surface area contributed by atoms with Gasteiger partial charge < -0.3 is 5.32 Å². The Hall–Kier alpha value is -1.49. The first-order chi connectivity index (χ1) is 8.00. The molecule has 2 rings (SSSR count). The second-order valence-corrected chi connectivity index (χ2v) is 5.39. The van der Waals surface area contributed by atoms with Crippen molar-refractivity contribution in [3.63, 3.8) is 0 Å². The Kier molecular flexibility index (Phi) is 3.11. The molecule has 0 aromatic heterocycles. The van der Waals surface area contributed by atoms with Gasteiger partial charge in [-0.15, -0.1) is 11.8 Å². The van der Waals surface area contributed by atoms with Gasteiger partial charge in [0.1, 0.15) is 5.54 Å². The smallest absolute Gasteiger partial charge is 0.324 e. The highest BCUT2D eigenvalue weighted by Crippen LogP contribution is 2.23. The lowest BCUT2D eigenvalue weighted by Crippen LogP contribution is -2.40. The highest BCUT2D eigenvalue weighted by atomic mass is 32.2. The normalized spacial score (nSPS) is 18.4. The van der Waals surface area contributed by atoms with E-state index in [1.165, 1.54) is 16.7 Å². The Balaban J connectivity index is 2.01. The van der Waals surface area contributed by atoms with Crippen LogP contribution in [0.5, 0.6) is 0 Å². The molecule has 1 saturated heterocycles. The summed E-state index contributed by atoms with van der Waals surface area (Å²) in [5, 5.41) is 2.65. The van der Waals surface area contributed by atoms with Crippen molar-refractivity contribution in [3.05, 3.63) is 30.3 Å². The molecule has 4 nitrogen and oxygen atoms in total. The van der Waals surface area contributed by atoms with Crippen molar-refractivity contribution in [1.29, 1.82) is 0 Å². The van der Waals surface area contributed by atoms with Crippen LogP contribution in [-0.4, -0.2) is 28.3 Å². The van der Waals surface area contributed by atoms with Crippen LogP contribution >= 0.6 is 11.8 Å². The van der Waals surface area contributed by atoms with E-state index in [1.807, 2.05) is 30.3 Å². The minimum absolute atomic E-state index is 0.175. The standard InChI is InChI=1S/C12H14N2O2S/c1-12(2)10(15)14(11(16)13-12)8-17-9-6-4-3-5-7-9/h3-7H,8H2,1-2H3,(H,13,16). The van der Waals surface area contributed by atoms with Crippen molar-refractivity contribution >= 4 is 23.7 Å². The topological polar surface area (TPSA) is 49.4 Å². The number of carbonyl (C=O) groups excluding carboxylic acids is 2. The van der Waals surface area contributed by atoms with E-state index in [4.69, 9.17) is 0 Å². The van der Waals surface area contributed by atoms with Crippen LogP contribution in [0.15, 0.2) is 35.2 Å². The third-order valence-electron chi connectivity index (χ3n) is 2.55. The molecular formula is C12H14N2O2S. The number of urea groups is 1. The van der Waals surface area contributed by atoms with Crippen molar-refractivity contribution in [3.8, 4) is 0 Å². The molecule has 0 radical (unpaired) electrons. The van der Waals surface area contributed by atoms with Gasteiger partial charge in [0.05, 0.1) is 5.88 Å². The van der Waals surface area contributed by atoms with Gasteiger partial charge in [-0.3, -0.25) is 9.69 Å². The van der Waals surface area contributed by atoms with E-state index in [-0.39, 0.29) is 11.9 Å². The quantitative estimate of drug-likeness (QED) is 0.660. The van der Waals surface area contributed by atoms with Crippen molar-refractivity contribution in [2.24, 2.45) is 0 Å². The fourth-order valence-corrected chi connectivity index (χ4v) is 2.45. The van der Waals surface area contributed by atoms with Gasteiger partial charge >= 0.3 is 6.03 Å². The number of nitrogens with one attached hydrogen (secondary N) is 1. The van der Waals surface area contributed by atoms with Gasteiger partial charge in [0.15, 0.2) is 0 Å². The molecule has 0 bridgehead atoms. The number of thioether (sulfide) groups is 1. The lowest BCUT2D eigenvalue weighted by atomic mass is 10.1. The summed E-state index contributed by atoms with van der Waals surface area (Å²) in [5.41, 5.74) is -0.783. The summed E-state index contributed by atoms with van der Waals surface area (Å²) < 4.78 is 0. The maximum atomic E-state index is 11.9. The highest BCUT2D eigenvalue weighted by Gasteiger charge is 2.43. The first-order valence-corrected chi connectivity index (χ1v) is 6.31. The van der Waals surface area contributed by atoms with Crippen LogP contribution in [0.2, 0.25) is 0 Å². The van der Waals surface area contributed by atoms with Crippen molar-refractivity contribution in [2.45, 2.75) is 24.3 Å². The average molecular weight is 250 g/mol. The van der Waals surface area contributed by atoms with Crippen molar-refractivity contribution < 1.29 is 9.59 Å². The lowest BCUT2D eigenvalue weighted by Gasteiger charge is -2.15. The third kappa shape index (κ3) is 2.44. The van der Waals surface area contributed by atoms with E-state index in [0.29, 0.717) is 5.88 Å². The molecule has 1 aromatic carbocycles. The summed E-state index contributed by atoms with van der Waals surface area (Å²) in [6.45, 7) is 3.42. The number of hydrogen-bond acceptors (Lipinski definition) is 3. The van der Waals surface area contributed by atoms with Gasteiger partial charge in [-0.25, -0.2) is 4.79 Å². The predicted molar refractivity (Wildman–Crippen MR) is 66.6 cm³/mol. The molecule has 0 atom stereocenters. The van der Waals surface area contributed by atoms with Crippen LogP contribution in [0.1, 0.15) is 13.8 Å². The van der Waals surface area contributed by atoms with Gasteiger partial charge in [0, 0.05) is 4.90 Å². The van der Waals surface area contributed by atoms with Crippen LogP contribution in [0.3, 0.4) is 0 Å². The summed E-state index contributed by atoms with van der Waals surface area (Å²) in [7, 11) is 0. The van der Waals surface area contributed by atoms with Gasteiger partial charge in [-0.05, 0) is 26.0 Å². The molecule has 1 aromatic rings. The number of rotatable bonds is 3. The zero-order valence-electron chi connectivity index (χ0n) is 9.77. The van der Waals surface area contributed by atoms with E-state index < -0.39 is 5.54 Å². The van der Waals surface area contributed by atoms with E-state index >= 15 is 0 Å². The fraction of sp³-hybridized carbons (Fsp3) is 0.333. The van der Waals surface area contributed by atoms with E-state index in [0.717, 1.165) is 4.90 Å². The summed E-state index contributed by atoms with van der Waals surface area (Å²) in [6, 6.07) is 9.38. The molecule has 1 aliphatic rings. The maximum absolute atomic E-state index is 11.9. The molecule has 90 valence electrons. The van der Waals surface area contributed by atoms with Crippen molar-refractivity contribution in [1.82, 2.24) is 10.2 Å². The van der Waals surface area contributed by atoms with Crippen LogP contribution in [-0.2, 0) is 4.79 Å². The number of imide groups is 1. The molecule has 1 fully saturated rings. The number of carbonyl (C=O) groups is 2. The molecular weight excluding hydrogens is 236 g/mol. The van der Waals surface area contributed by atoms with E-state index in [1.54, 1.807) is 13.8 Å². The second-order valence-electron chi connectivity index (χ2n) is 4.37. The molecule has 0 unspecified atom stereocenters. The number of nitrogens with zero attached hydrogens (tertiary/aromatic N) is 1. The van der Waals surface area contributed by atoms with Gasteiger partial charge in [-0.1, -0.05) is 18.2 Å². The Morgan fingerprint density at radius 2 is 1.88 bits per heavy atom. The zero-order chi connectivity index (χ0) is 12.5. The minimum Gasteiger partial charge on any atom is -0.324 e. The number of benzene rings is 1. The van der Waals surface area contributed by atoms with Gasteiger partial charge in [0.25, 0.3) is 5.91 Å². The molecule has 1 heterocycles. The molecule has 0 aliphatic carbocycles. The van der Waals surface area contributed by atoms with Crippen LogP contribution < -0.4 is 5.32 Å². The maximum Gasteiger partial charge on any atom is 0.325 e. The first kappa shape index (κ1) is 12.0. The lowest BCUT2D eigenvalue weighted by molar-refractivity contribution is -0.129. The SMILES string of the molecule is CC1(C)NC(=O)N(CSc2ccccc2)C1=O. The molecule has 1 aliphatic heterocycles. The Morgan fingerprint density at radius 3 is 2.41 bits per heavy atom. The Labute approximate surface area is 104 Å². The summed E-state index contributed by atoms with van der Waals surface area (Å²) >= 11 is 1.47. The molecule has 0 saturated carbocycles. The average Bonchev–Trinajstić information content (AvgIpc) is 2.48. The van der Waals surface area contributed by atoms with E-state index in [9.17, 15) is 9.59 Å². The van der Waals surface area contributed by atoms with E-state index in [2.05, 4.69) is 5.32 Å². The second kappa shape index (κ2) is 4.41. The number of amides is 3. The molecule has 0 spiro atoms. The molecule has 3 amide bonds. The fourth-order valence-electron chi connectivity index (χ4n) is 1.59. The van der Waals surface area contributed by atoms with Crippen LogP contribution in [0, 0.1) is 0 Å². The minimum atomic E-state index is -0.783. The Bertz CT molecular complexity index is 445. The van der Waals surface area contributed by atoms with Gasteiger partial charge in [0.2, 0.25) is 0 Å².